The van der Waals surface area contributed by atoms with Gasteiger partial charge in [-0.3, -0.25) is 4.98 Å². The fourth-order valence-corrected chi connectivity index (χ4v) is 1.75. The standard InChI is InChI=1S/C12H21N3/c1-4-8-15(10(2)3)12-6-5-7-14-11(12)9-13/h5-7,10H,4,8-9,13H2,1-3H3. The maximum Gasteiger partial charge on any atom is 0.0772 e. The highest BCUT2D eigenvalue weighted by Gasteiger charge is 2.12. The average molecular weight is 207 g/mol. The Morgan fingerprint density at radius 3 is 2.73 bits per heavy atom. The molecule has 84 valence electrons. The van der Waals surface area contributed by atoms with Gasteiger partial charge in [-0.2, -0.15) is 0 Å². The van der Waals surface area contributed by atoms with E-state index in [4.69, 9.17) is 5.73 Å². The molecule has 3 heteroatoms. The molecule has 15 heavy (non-hydrogen) atoms. The van der Waals surface area contributed by atoms with Crippen LogP contribution < -0.4 is 10.6 Å². The monoisotopic (exact) mass is 207 g/mol. The number of nitrogens with two attached hydrogens (primary N) is 1. The quantitative estimate of drug-likeness (QED) is 0.804. The third kappa shape index (κ3) is 2.93. The summed E-state index contributed by atoms with van der Waals surface area (Å²) in [7, 11) is 0. The Balaban J connectivity index is 2.98. The molecule has 2 N–H and O–H groups in total. The zero-order valence-electron chi connectivity index (χ0n) is 9.90. The molecule has 3 nitrogen and oxygen atoms in total. The molecule has 1 rings (SSSR count). The maximum atomic E-state index is 5.70. The number of rotatable bonds is 5. The van der Waals surface area contributed by atoms with Crippen LogP contribution in [0.15, 0.2) is 18.3 Å². The Hall–Kier alpha value is -1.09. The van der Waals surface area contributed by atoms with Crippen LogP contribution in [-0.2, 0) is 6.54 Å². The highest BCUT2D eigenvalue weighted by molar-refractivity contribution is 5.51. The molecular formula is C12H21N3. The Morgan fingerprint density at radius 2 is 2.20 bits per heavy atom. The second kappa shape index (κ2) is 5.71. The van der Waals surface area contributed by atoms with E-state index in [1.54, 1.807) is 6.20 Å². The number of hydrogen-bond acceptors (Lipinski definition) is 3. The van der Waals surface area contributed by atoms with Crippen molar-refractivity contribution in [2.75, 3.05) is 11.4 Å². The molecule has 0 unspecified atom stereocenters. The molecule has 1 aromatic rings. The van der Waals surface area contributed by atoms with E-state index in [0.29, 0.717) is 12.6 Å². The van der Waals surface area contributed by atoms with Gasteiger partial charge in [-0.1, -0.05) is 6.92 Å². The lowest BCUT2D eigenvalue weighted by Crippen LogP contribution is -2.32. The lowest BCUT2D eigenvalue weighted by atomic mass is 10.2. The van der Waals surface area contributed by atoms with E-state index in [-0.39, 0.29) is 0 Å². The van der Waals surface area contributed by atoms with Crippen LogP contribution in [0.4, 0.5) is 5.69 Å². The summed E-state index contributed by atoms with van der Waals surface area (Å²) in [6, 6.07) is 4.56. The van der Waals surface area contributed by atoms with Crippen molar-refractivity contribution >= 4 is 5.69 Å². The smallest absolute Gasteiger partial charge is 0.0772 e. The lowest BCUT2D eigenvalue weighted by Gasteiger charge is -2.29. The van der Waals surface area contributed by atoms with E-state index in [9.17, 15) is 0 Å². The van der Waals surface area contributed by atoms with Gasteiger partial charge in [-0.15, -0.1) is 0 Å². The minimum atomic E-state index is 0.486. The first-order chi connectivity index (χ1) is 7.20. The van der Waals surface area contributed by atoms with Gasteiger partial charge in [-0.25, -0.2) is 0 Å². The maximum absolute atomic E-state index is 5.70. The summed E-state index contributed by atoms with van der Waals surface area (Å²) in [5.41, 5.74) is 7.86. The van der Waals surface area contributed by atoms with Crippen LogP contribution in [0.1, 0.15) is 32.9 Å². The highest BCUT2D eigenvalue weighted by atomic mass is 15.2. The summed E-state index contributed by atoms with van der Waals surface area (Å²) in [6.45, 7) is 8.14. The van der Waals surface area contributed by atoms with Crippen LogP contribution in [0, 0.1) is 0 Å². The van der Waals surface area contributed by atoms with Gasteiger partial charge in [0, 0.05) is 25.3 Å². The van der Waals surface area contributed by atoms with Crippen LogP contribution >= 0.6 is 0 Å². The molecule has 0 atom stereocenters. The van der Waals surface area contributed by atoms with E-state index in [0.717, 1.165) is 18.7 Å². The van der Waals surface area contributed by atoms with Gasteiger partial charge in [0.2, 0.25) is 0 Å². The minimum absolute atomic E-state index is 0.486. The van der Waals surface area contributed by atoms with Crippen LogP contribution in [0.2, 0.25) is 0 Å². The summed E-state index contributed by atoms with van der Waals surface area (Å²) in [4.78, 5) is 6.67. The van der Waals surface area contributed by atoms with Crippen molar-refractivity contribution in [1.29, 1.82) is 0 Å². The minimum Gasteiger partial charge on any atom is -0.368 e. The number of anilines is 1. The van der Waals surface area contributed by atoms with E-state index >= 15 is 0 Å². The van der Waals surface area contributed by atoms with Gasteiger partial charge >= 0.3 is 0 Å². The van der Waals surface area contributed by atoms with E-state index < -0.39 is 0 Å². The molecule has 0 radical (unpaired) electrons. The van der Waals surface area contributed by atoms with Crippen molar-refractivity contribution in [1.82, 2.24) is 4.98 Å². The first-order valence-electron chi connectivity index (χ1n) is 5.61. The summed E-state index contributed by atoms with van der Waals surface area (Å²) in [6.07, 6.45) is 2.94. The molecule has 1 aromatic heterocycles. The largest absolute Gasteiger partial charge is 0.368 e. The molecule has 0 fully saturated rings. The van der Waals surface area contributed by atoms with E-state index in [2.05, 4.69) is 36.7 Å². The predicted molar refractivity (Wildman–Crippen MR) is 64.9 cm³/mol. The number of aromatic nitrogens is 1. The van der Waals surface area contributed by atoms with Crippen molar-refractivity contribution in [2.24, 2.45) is 5.73 Å². The zero-order chi connectivity index (χ0) is 11.3. The first kappa shape index (κ1) is 12.0. The van der Waals surface area contributed by atoms with Crippen molar-refractivity contribution in [3.05, 3.63) is 24.0 Å². The van der Waals surface area contributed by atoms with Crippen molar-refractivity contribution in [2.45, 2.75) is 39.8 Å². The van der Waals surface area contributed by atoms with Gasteiger partial charge in [0.25, 0.3) is 0 Å². The van der Waals surface area contributed by atoms with E-state index in [1.165, 1.54) is 5.69 Å². The van der Waals surface area contributed by atoms with Crippen LogP contribution in [0.25, 0.3) is 0 Å². The van der Waals surface area contributed by atoms with E-state index in [1.807, 2.05) is 6.07 Å². The van der Waals surface area contributed by atoms with Crippen molar-refractivity contribution in [3.63, 3.8) is 0 Å². The first-order valence-corrected chi connectivity index (χ1v) is 5.61. The summed E-state index contributed by atoms with van der Waals surface area (Å²) < 4.78 is 0. The van der Waals surface area contributed by atoms with Crippen molar-refractivity contribution < 1.29 is 0 Å². The van der Waals surface area contributed by atoms with Gasteiger partial charge in [0.15, 0.2) is 0 Å². The Kier molecular flexibility index (Phi) is 4.56. The van der Waals surface area contributed by atoms with Gasteiger partial charge in [0.05, 0.1) is 11.4 Å². The molecule has 0 aliphatic heterocycles. The summed E-state index contributed by atoms with van der Waals surface area (Å²) in [5, 5.41) is 0. The molecule has 0 aliphatic rings. The second-order valence-electron chi connectivity index (χ2n) is 3.96. The molecule has 0 spiro atoms. The normalized spacial score (nSPS) is 10.7. The highest BCUT2D eigenvalue weighted by Crippen LogP contribution is 2.20. The fourth-order valence-electron chi connectivity index (χ4n) is 1.75. The SMILES string of the molecule is CCCN(c1cccnc1CN)C(C)C. The fraction of sp³-hybridized carbons (Fsp3) is 0.583. The van der Waals surface area contributed by atoms with Crippen molar-refractivity contribution in [3.8, 4) is 0 Å². The third-order valence-corrected chi connectivity index (χ3v) is 2.46. The zero-order valence-corrected chi connectivity index (χ0v) is 9.90. The Labute approximate surface area is 92.3 Å². The topological polar surface area (TPSA) is 42.2 Å². The van der Waals surface area contributed by atoms with Crippen LogP contribution in [-0.4, -0.2) is 17.6 Å². The van der Waals surface area contributed by atoms with Crippen LogP contribution in [0.5, 0.6) is 0 Å². The van der Waals surface area contributed by atoms with Gasteiger partial charge in [0.1, 0.15) is 0 Å². The molecule has 0 saturated carbocycles. The molecule has 0 bridgehead atoms. The average Bonchev–Trinajstić information content (AvgIpc) is 2.25. The summed E-state index contributed by atoms with van der Waals surface area (Å²) >= 11 is 0. The lowest BCUT2D eigenvalue weighted by molar-refractivity contribution is 0.665. The summed E-state index contributed by atoms with van der Waals surface area (Å²) in [5.74, 6) is 0. The van der Waals surface area contributed by atoms with Gasteiger partial charge in [-0.05, 0) is 32.4 Å². The Bertz CT molecular complexity index is 297. The molecule has 1 heterocycles. The van der Waals surface area contributed by atoms with Gasteiger partial charge < -0.3 is 10.6 Å². The molecule has 0 amide bonds. The van der Waals surface area contributed by atoms with Crippen LogP contribution in [0.3, 0.4) is 0 Å². The number of nitrogens with zero attached hydrogens (tertiary/aromatic N) is 2. The Morgan fingerprint density at radius 1 is 1.47 bits per heavy atom. The number of hydrogen-bond donors (Lipinski definition) is 1. The predicted octanol–water partition coefficient (Wildman–Crippen LogP) is 2.17. The number of pyridine rings is 1. The molecular weight excluding hydrogens is 186 g/mol. The molecule has 0 aliphatic carbocycles. The second-order valence-corrected chi connectivity index (χ2v) is 3.96. The third-order valence-electron chi connectivity index (χ3n) is 2.46. The molecule has 0 aromatic carbocycles. The molecule has 0 saturated heterocycles.